The number of carbonyl (C=O) groups excluding carboxylic acids is 3. The van der Waals surface area contributed by atoms with Gasteiger partial charge in [-0.15, -0.1) is 0 Å². The van der Waals surface area contributed by atoms with E-state index in [0.717, 1.165) is 16.2 Å². The van der Waals surface area contributed by atoms with Gasteiger partial charge >= 0.3 is 5.97 Å². The molecule has 0 saturated carbocycles. The summed E-state index contributed by atoms with van der Waals surface area (Å²) < 4.78 is 10.6. The van der Waals surface area contributed by atoms with Crippen molar-refractivity contribution in [3.05, 3.63) is 65.2 Å². The molecule has 0 atom stereocenters. The summed E-state index contributed by atoms with van der Waals surface area (Å²) in [7, 11) is 0. The Morgan fingerprint density at radius 2 is 1.59 bits per heavy atom. The first-order valence-electron chi connectivity index (χ1n) is 8.92. The number of esters is 1. The van der Waals surface area contributed by atoms with Crippen molar-refractivity contribution >= 4 is 17.8 Å². The number of rotatable bonds is 8. The lowest BCUT2D eigenvalue weighted by atomic mass is 10.1. The molecular weight excluding hydrogens is 346 g/mol. The number of hydrogen-bond donors (Lipinski definition) is 0. The summed E-state index contributed by atoms with van der Waals surface area (Å²) in [5, 5.41) is 0. The van der Waals surface area contributed by atoms with Crippen molar-refractivity contribution in [3.63, 3.8) is 0 Å². The molecule has 0 saturated heterocycles. The molecule has 140 valence electrons. The van der Waals surface area contributed by atoms with Gasteiger partial charge in [0.05, 0.1) is 24.3 Å². The maximum absolute atomic E-state index is 12.2. The van der Waals surface area contributed by atoms with E-state index in [4.69, 9.17) is 9.47 Å². The van der Waals surface area contributed by atoms with Gasteiger partial charge < -0.3 is 9.47 Å². The lowest BCUT2D eigenvalue weighted by Crippen LogP contribution is -2.33. The number of aryl methyl sites for hydroxylation is 1. The van der Waals surface area contributed by atoms with Gasteiger partial charge in [0, 0.05) is 6.42 Å². The second kappa shape index (κ2) is 8.49. The highest BCUT2D eigenvalue weighted by atomic mass is 16.5. The van der Waals surface area contributed by atoms with Crippen LogP contribution in [0.3, 0.4) is 0 Å². The lowest BCUT2D eigenvalue weighted by molar-refractivity contribution is -0.143. The van der Waals surface area contributed by atoms with Gasteiger partial charge in [0.1, 0.15) is 12.4 Å². The fourth-order valence-corrected chi connectivity index (χ4v) is 2.93. The Morgan fingerprint density at radius 3 is 2.19 bits per heavy atom. The summed E-state index contributed by atoms with van der Waals surface area (Å²) in [6.45, 7) is 2.58. The van der Waals surface area contributed by atoms with E-state index in [-0.39, 0.29) is 37.4 Å². The average Bonchev–Trinajstić information content (AvgIpc) is 2.93. The van der Waals surface area contributed by atoms with Crippen LogP contribution in [0.2, 0.25) is 0 Å². The highest BCUT2D eigenvalue weighted by Gasteiger charge is 2.34. The van der Waals surface area contributed by atoms with Gasteiger partial charge in [0.25, 0.3) is 11.8 Å². The van der Waals surface area contributed by atoms with Crippen LogP contribution in [0.15, 0.2) is 48.5 Å². The Balaban J connectivity index is 1.42. The third-order valence-corrected chi connectivity index (χ3v) is 4.31. The Hall–Kier alpha value is -3.15. The Labute approximate surface area is 157 Å². The van der Waals surface area contributed by atoms with Crippen LogP contribution in [0, 0.1) is 0 Å². The van der Waals surface area contributed by atoms with E-state index in [1.807, 2.05) is 31.2 Å². The molecule has 6 nitrogen and oxygen atoms in total. The second-order valence-electron chi connectivity index (χ2n) is 6.10. The Kier molecular flexibility index (Phi) is 5.86. The Bertz CT molecular complexity index is 809. The van der Waals surface area contributed by atoms with Gasteiger partial charge in [0.15, 0.2) is 0 Å². The molecule has 6 heteroatoms. The van der Waals surface area contributed by atoms with E-state index < -0.39 is 0 Å². The Morgan fingerprint density at radius 1 is 0.963 bits per heavy atom. The molecule has 27 heavy (non-hydrogen) atoms. The van der Waals surface area contributed by atoms with Crippen molar-refractivity contribution in [2.24, 2.45) is 0 Å². The average molecular weight is 367 g/mol. The van der Waals surface area contributed by atoms with Gasteiger partial charge in [-0.05, 0) is 43.2 Å². The van der Waals surface area contributed by atoms with Crippen LogP contribution in [0.5, 0.6) is 5.75 Å². The van der Waals surface area contributed by atoms with Crippen molar-refractivity contribution in [2.45, 2.75) is 19.8 Å². The normalized spacial score (nSPS) is 12.9. The van der Waals surface area contributed by atoms with E-state index in [9.17, 15) is 14.4 Å². The molecule has 2 aromatic rings. The molecule has 2 amide bonds. The van der Waals surface area contributed by atoms with Gasteiger partial charge in [-0.3, -0.25) is 19.3 Å². The fraction of sp³-hybridized carbons (Fsp3) is 0.286. The van der Waals surface area contributed by atoms with Crippen LogP contribution in [-0.4, -0.2) is 42.4 Å². The molecule has 0 fully saturated rings. The molecule has 2 aromatic carbocycles. The fourth-order valence-electron chi connectivity index (χ4n) is 2.93. The molecule has 0 aromatic heterocycles. The van der Waals surface area contributed by atoms with Crippen LogP contribution >= 0.6 is 0 Å². The minimum Gasteiger partial charge on any atom is -0.494 e. The van der Waals surface area contributed by atoms with Crippen LogP contribution in [0.4, 0.5) is 0 Å². The summed E-state index contributed by atoms with van der Waals surface area (Å²) in [5.41, 5.74) is 1.80. The molecular formula is C21H21NO5. The van der Waals surface area contributed by atoms with E-state index in [2.05, 4.69) is 0 Å². The van der Waals surface area contributed by atoms with Gasteiger partial charge in [-0.2, -0.15) is 0 Å². The predicted molar refractivity (Wildman–Crippen MR) is 98.7 cm³/mol. The molecule has 0 spiro atoms. The van der Waals surface area contributed by atoms with E-state index in [1.54, 1.807) is 24.3 Å². The number of hydrogen-bond acceptors (Lipinski definition) is 5. The standard InChI is InChI=1S/C21H21NO5/c1-2-26-16-10-7-15(8-11-16)9-12-19(23)27-14-13-22-20(24)17-5-3-4-6-18(17)21(22)25/h3-8,10-11H,2,9,12-14H2,1H3. The van der Waals surface area contributed by atoms with Crippen molar-refractivity contribution < 1.29 is 23.9 Å². The number of fused-ring (bicyclic) bond motifs is 1. The molecule has 0 bridgehead atoms. The number of benzene rings is 2. The molecule has 0 N–H and O–H groups in total. The second-order valence-corrected chi connectivity index (χ2v) is 6.10. The number of amides is 2. The van der Waals surface area contributed by atoms with Crippen LogP contribution in [-0.2, 0) is 16.0 Å². The highest BCUT2D eigenvalue weighted by molar-refractivity contribution is 6.21. The monoisotopic (exact) mass is 367 g/mol. The first-order valence-corrected chi connectivity index (χ1v) is 8.92. The maximum Gasteiger partial charge on any atom is 0.306 e. The summed E-state index contributed by atoms with van der Waals surface area (Å²) in [6, 6.07) is 14.2. The topological polar surface area (TPSA) is 72.9 Å². The summed E-state index contributed by atoms with van der Waals surface area (Å²) in [4.78, 5) is 37.5. The SMILES string of the molecule is CCOc1ccc(CCC(=O)OCCN2C(=O)c3ccccc3C2=O)cc1. The van der Waals surface area contributed by atoms with Gasteiger partial charge in [-0.1, -0.05) is 24.3 Å². The molecule has 0 aliphatic carbocycles. The minimum atomic E-state index is -0.361. The quantitative estimate of drug-likeness (QED) is 0.530. The molecule has 1 aliphatic heterocycles. The zero-order chi connectivity index (χ0) is 19.2. The zero-order valence-corrected chi connectivity index (χ0v) is 15.1. The number of nitrogens with zero attached hydrogens (tertiary/aromatic N) is 1. The zero-order valence-electron chi connectivity index (χ0n) is 15.1. The highest BCUT2D eigenvalue weighted by Crippen LogP contribution is 2.22. The lowest BCUT2D eigenvalue weighted by Gasteiger charge is -2.13. The van der Waals surface area contributed by atoms with E-state index in [1.165, 1.54) is 0 Å². The number of imide groups is 1. The van der Waals surface area contributed by atoms with Crippen LogP contribution in [0.25, 0.3) is 0 Å². The van der Waals surface area contributed by atoms with Gasteiger partial charge in [-0.25, -0.2) is 0 Å². The van der Waals surface area contributed by atoms with Crippen molar-refractivity contribution in [1.82, 2.24) is 4.90 Å². The first kappa shape index (κ1) is 18.6. The molecule has 0 unspecified atom stereocenters. The molecule has 0 radical (unpaired) electrons. The minimum absolute atomic E-state index is 0.00637. The van der Waals surface area contributed by atoms with E-state index >= 15 is 0 Å². The van der Waals surface area contributed by atoms with Crippen LogP contribution in [0.1, 0.15) is 39.6 Å². The largest absolute Gasteiger partial charge is 0.494 e. The molecule has 1 heterocycles. The van der Waals surface area contributed by atoms with Crippen molar-refractivity contribution in [3.8, 4) is 5.75 Å². The maximum atomic E-state index is 12.2. The summed E-state index contributed by atoms with van der Waals surface area (Å²) in [5.74, 6) is -0.257. The van der Waals surface area contributed by atoms with Crippen molar-refractivity contribution in [1.29, 1.82) is 0 Å². The van der Waals surface area contributed by atoms with Crippen molar-refractivity contribution in [2.75, 3.05) is 19.8 Å². The van der Waals surface area contributed by atoms with Gasteiger partial charge in [0.2, 0.25) is 0 Å². The third-order valence-electron chi connectivity index (χ3n) is 4.31. The van der Waals surface area contributed by atoms with Crippen LogP contribution < -0.4 is 4.74 Å². The summed E-state index contributed by atoms with van der Waals surface area (Å²) >= 11 is 0. The summed E-state index contributed by atoms with van der Waals surface area (Å²) in [6.07, 6.45) is 0.786. The smallest absolute Gasteiger partial charge is 0.306 e. The molecule has 3 rings (SSSR count). The third kappa shape index (κ3) is 4.34. The molecule has 1 aliphatic rings. The first-order chi connectivity index (χ1) is 13.1. The van der Waals surface area contributed by atoms with E-state index in [0.29, 0.717) is 24.2 Å². The number of carbonyl (C=O) groups is 3. The predicted octanol–water partition coefficient (Wildman–Crippen LogP) is 2.86. The number of ether oxygens (including phenoxy) is 2.